The van der Waals surface area contributed by atoms with Crippen LogP contribution in [0.15, 0.2) is 47.1 Å². The third-order valence-electron chi connectivity index (χ3n) is 5.60. The molecule has 0 radical (unpaired) electrons. The van der Waals surface area contributed by atoms with E-state index >= 15 is 0 Å². The van der Waals surface area contributed by atoms with Crippen molar-refractivity contribution in [3.8, 4) is 0 Å². The number of furan rings is 1. The van der Waals surface area contributed by atoms with Gasteiger partial charge in [0.1, 0.15) is 12.4 Å². The van der Waals surface area contributed by atoms with E-state index in [1.807, 2.05) is 33.7 Å². The van der Waals surface area contributed by atoms with Gasteiger partial charge in [0.05, 0.1) is 23.8 Å². The first-order valence-electron chi connectivity index (χ1n) is 10.5. The smallest absolute Gasteiger partial charge is 0.287 e. The van der Waals surface area contributed by atoms with E-state index in [0.717, 1.165) is 23.9 Å². The third kappa shape index (κ3) is 4.56. The number of para-hydroxylation sites is 2. The van der Waals surface area contributed by atoms with Crippen molar-refractivity contribution in [1.29, 1.82) is 0 Å². The third-order valence-corrected chi connectivity index (χ3v) is 5.60. The van der Waals surface area contributed by atoms with Gasteiger partial charge in [-0.15, -0.1) is 0 Å². The fraction of sp³-hybridized carbons (Fsp3) is 0.435. The number of nitrogens with zero attached hydrogens (tertiary/aromatic N) is 3. The van der Waals surface area contributed by atoms with Crippen LogP contribution < -0.4 is 5.32 Å². The molecule has 0 saturated heterocycles. The van der Waals surface area contributed by atoms with Crippen LogP contribution in [-0.4, -0.2) is 38.3 Å². The Morgan fingerprint density at radius 3 is 2.43 bits per heavy atom. The Morgan fingerprint density at radius 1 is 1.10 bits per heavy atom. The molecule has 0 spiro atoms. The van der Waals surface area contributed by atoms with Crippen molar-refractivity contribution in [2.24, 2.45) is 0 Å². The normalized spacial score (nSPS) is 13.2. The zero-order valence-electron chi connectivity index (χ0n) is 18.1. The number of benzene rings is 1. The molecule has 0 saturated carbocycles. The number of fused-ring (bicyclic) bond motifs is 1. The minimum atomic E-state index is -0.314. The van der Waals surface area contributed by atoms with Gasteiger partial charge in [0, 0.05) is 12.1 Å². The molecule has 2 amide bonds. The van der Waals surface area contributed by atoms with Crippen LogP contribution in [0.3, 0.4) is 0 Å². The summed E-state index contributed by atoms with van der Waals surface area (Å²) < 4.78 is 7.05. The van der Waals surface area contributed by atoms with Gasteiger partial charge in [0.15, 0.2) is 5.76 Å². The zero-order valence-corrected chi connectivity index (χ0v) is 18.1. The van der Waals surface area contributed by atoms with Crippen molar-refractivity contribution in [1.82, 2.24) is 19.8 Å². The maximum absolute atomic E-state index is 13.3. The monoisotopic (exact) mass is 410 g/mol. The summed E-state index contributed by atoms with van der Waals surface area (Å²) in [6.07, 6.45) is 3.25. The first-order chi connectivity index (χ1) is 14.5. The molecule has 0 aliphatic carbocycles. The molecule has 0 aliphatic heterocycles. The predicted octanol–water partition coefficient (Wildman–Crippen LogP) is 3.98. The zero-order chi connectivity index (χ0) is 21.7. The quantitative estimate of drug-likeness (QED) is 0.578. The molecule has 2 atom stereocenters. The Labute approximate surface area is 177 Å². The second-order valence-corrected chi connectivity index (χ2v) is 7.58. The maximum Gasteiger partial charge on any atom is 0.287 e. The average molecular weight is 411 g/mol. The molecule has 3 rings (SSSR count). The van der Waals surface area contributed by atoms with Crippen molar-refractivity contribution in [2.75, 3.05) is 0 Å². The number of rotatable bonds is 9. The molecule has 7 nitrogen and oxygen atoms in total. The summed E-state index contributed by atoms with van der Waals surface area (Å²) in [5.74, 6) is 0.623. The van der Waals surface area contributed by atoms with E-state index in [0.29, 0.717) is 5.82 Å². The van der Waals surface area contributed by atoms with Gasteiger partial charge in [-0.05, 0) is 51.0 Å². The minimum Gasteiger partial charge on any atom is -0.459 e. The lowest BCUT2D eigenvalue weighted by Crippen LogP contribution is -2.46. The van der Waals surface area contributed by atoms with Crippen LogP contribution in [0.4, 0.5) is 0 Å². The van der Waals surface area contributed by atoms with Crippen LogP contribution in [0.25, 0.3) is 11.0 Å². The van der Waals surface area contributed by atoms with E-state index < -0.39 is 0 Å². The molecule has 2 aromatic heterocycles. The van der Waals surface area contributed by atoms with Crippen molar-refractivity contribution in [2.45, 2.75) is 65.7 Å². The number of aromatic nitrogens is 2. The van der Waals surface area contributed by atoms with Crippen LogP contribution in [-0.2, 0) is 17.9 Å². The summed E-state index contributed by atoms with van der Waals surface area (Å²) in [5.41, 5.74) is 1.67. The highest BCUT2D eigenvalue weighted by Gasteiger charge is 2.25. The van der Waals surface area contributed by atoms with Crippen LogP contribution in [0, 0.1) is 0 Å². The first-order valence-corrected chi connectivity index (χ1v) is 10.5. The maximum atomic E-state index is 13.3. The van der Waals surface area contributed by atoms with E-state index in [2.05, 4.69) is 38.0 Å². The van der Waals surface area contributed by atoms with Crippen LogP contribution in [0.5, 0.6) is 0 Å². The Morgan fingerprint density at radius 2 is 1.80 bits per heavy atom. The second-order valence-electron chi connectivity index (χ2n) is 7.58. The molecule has 2 unspecified atom stereocenters. The van der Waals surface area contributed by atoms with E-state index in [1.54, 1.807) is 12.1 Å². The number of amides is 2. The topological polar surface area (TPSA) is 80.4 Å². The molecule has 0 aliphatic rings. The van der Waals surface area contributed by atoms with Gasteiger partial charge < -0.3 is 19.2 Å². The van der Waals surface area contributed by atoms with Crippen LogP contribution in [0.2, 0.25) is 0 Å². The lowest BCUT2D eigenvalue weighted by Gasteiger charge is -2.34. The number of carbonyl (C=O) groups excluding carboxylic acids is 2. The molecule has 30 heavy (non-hydrogen) atoms. The first kappa shape index (κ1) is 21.6. The summed E-state index contributed by atoms with van der Waals surface area (Å²) in [6, 6.07) is 11.3. The standard InChI is InChI=1S/C23H30N4O3/c1-5-16(3)27(17(4)6-2)22(28)15-26-19-11-8-7-10-18(19)25-21(26)14-24-23(29)20-12-9-13-30-20/h7-13,16-17H,5-6,14-15H2,1-4H3,(H,24,29). The van der Waals surface area contributed by atoms with Gasteiger partial charge in [0.2, 0.25) is 5.91 Å². The summed E-state index contributed by atoms with van der Waals surface area (Å²) in [6.45, 7) is 8.74. The molecule has 2 heterocycles. The number of hydrogen-bond donors (Lipinski definition) is 1. The van der Waals surface area contributed by atoms with Crippen LogP contribution >= 0.6 is 0 Å². The second kappa shape index (κ2) is 9.61. The fourth-order valence-electron chi connectivity index (χ4n) is 3.63. The molecule has 160 valence electrons. The highest BCUT2D eigenvalue weighted by molar-refractivity contribution is 5.91. The predicted molar refractivity (Wildman–Crippen MR) is 116 cm³/mol. The van der Waals surface area contributed by atoms with Gasteiger partial charge >= 0.3 is 0 Å². The Balaban J connectivity index is 1.87. The molecular weight excluding hydrogens is 380 g/mol. The summed E-state index contributed by atoms with van der Waals surface area (Å²) >= 11 is 0. The van der Waals surface area contributed by atoms with Crippen molar-refractivity contribution < 1.29 is 14.0 Å². The van der Waals surface area contributed by atoms with Gasteiger partial charge in [-0.2, -0.15) is 0 Å². The molecule has 3 aromatic rings. The number of hydrogen-bond acceptors (Lipinski definition) is 4. The van der Waals surface area contributed by atoms with E-state index in [1.165, 1.54) is 6.26 Å². The average Bonchev–Trinajstić information content (AvgIpc) is 3.40. The van der Waals surface area contributed by atoms with E-state index in [-0.39, 0.29) is 42.7 Å². The summed E-state index contributed by atoms with van der Waals surface area (Å²) in [5, 5.41) is 2.83. The number of imidazole rings is 1. The molecular formula is C23H30N4O3. The molecule has 7 heteroatoms. The van der Waals surface area contributed by atoms with Crippen molar-refractivity contribution >= 4 is 22.8 Å². The van der Waals surface area contributed by atoms with Crippen LogP contribution in [0.1, 0.15) is 56.9 Å². The Kier molecular flexibility index (Phi) is 6.92. The van der Waals surface area contributed by atoms with Gasteiger partial charge in [0.25, 0.3) is 5.91 Å². The molecule has 1 aromatic carbocycles. The van der Waals surface area contributed by atoms with Crippen molar-refractivity contribution in [3.63, 3.8) is 0 Å². The fourth-order valence-corrected chi connectivity index (χ4v) is 3.63. The summed E-state index contributed by atoms with van der Waals surface area (Å²) in [4.78, 5) is 32.2. The molecule has 0 bridgehead atoms. The minimum absolute atomic E-state index is 0.0560. The van der Waals surface area contributed by atoms with Crippen molar-refractivity contribution in [3.05, 3.63) is 54.2 Å². The lowest BCUT2D eigenvalue weighted by molar-refractivity contribution is -0.136. The molecule has 1 N–H and O–H groups in total. The number of carbonyl (C=O) groups is 2. The van der Waals surface area contributed by atoms with E-state index in [9.17, 15) is 9.59 Å². The molecule has 0 fully saturated rings. The Hall–Kier alpha value is -3.09. The summed E-state index contributed by atoms with van der Waals surface area (Å²) in [7, 11) is 0. The highest BCUT2D eigenvalue weighted by Crippen LogP contribution is 2.19. The SMILES string of the molecule is CCC(C)N(C(=O)Cn1c(CNC(=O)c2ccco2)nc2ccccc21)C(C)CC. The number of nitrogens with one attached hydrogen (secondary N) is 1. The lowest BCUT2D eigenvalue weighted by atomic mass is 10.1. The van der Waals surface area contributed by atoms with E-state index in [4.69, 9.17) is 4.42 Å². The highest BCUT2D eigenvalue weighted by atomic mass is 16.3. The van der Waals surface area contributed by atoms with Gasteiger partial charge in [-0.25, -0.2) is 4.98 Å². The van der Waals surface area contributed by atoms with Gasteiger partial charge in [-0.1, -0.05) is 26.0 Å². The largest absolute Gasteiger partial charge is 0.459 e. The van der Waals surface area contributed by atoms with Gasteiger partial charge in [-0.3, -0.25) is 9.59 Å². The Bertz CT molecular complexity index is 983.